The number of nitrogens with zero attached hydrogens (tertiary/aromatic N) is 2. The second-order valence-electron chi connectivity index (χ2n) is 5.54. The molecule has 0 spiro atoms. The topological polar surface area (TPSA) is 53.9 Å². The fraction of sp³-hybridized carbons (Fsp3) is 0.263. The number of hydrogen-bond donors (Lipinski definition) is 1. The smallest absolute Gasteiger partial charge is 0.277 e. The van der Waals surface area contributed by atoms with E-state index in [1.165, 1.54) is 12.1 Å². The molecule has 2 aromatic rings. The maximum atomic E-state index is 11.8. The van der Waals surface area contributed by atoms with Crippen molar-refractivity contribution < 1.29 is 9.53 Å². The number of anilines is 1. The summed E-state index contributed by atoms with van der Waals surface area (Å²) in [5.41, 5.74) is 4.42. The molecule has 0 bridgehead atoms. The number of halogens is 3. The van der Waals surface area contributed by atoms with Gasteiger partial charge in [0.25, 0.3) is 5.91 Å². The van der Waals surface area contributed by atoms with Gasteiger partial charge in [-0.3, -0.25) is 4.79 Å². The van der Waals surface area contributed by atoms with Crippen LogP contribution in [0.5, 0.6) is 5.75 Å². The molecule has 1 amide bonds. The van der Waals surface area contributed by atoms with Crippen molar-refractivity contribution in [3.8, 4) is 5.75 Å². The van der Waals surface area contributed by atoms with Crippen LogP contribution in [-0.2, 0) is 4.79 Å². The molecule has 1 N–H and O–H groups in total. The minimum absolute atomic E-state index is 0.254. The van der Waals surface area contributed by atoms with Crippen LogP contribution < -0.4 is 15.1 Å². The van der Waals surface area contributed by atoms with Crippen molar-refractivity contribution in [2.75, 3.05) is 24.6 Å². The highest BCUT2D eigenvalue weighted by Crippen LogP contribution is 2.33. The van der Waals surface area contributed by atoms with Gasteiger partial charge in [-0.1, -0.05) is 46.9 Å². The average molecular weight is 429 g/mol. The third-order valence-electron chi connectivity index (χ3n) is 3.76. The first-order chi connectivity index (χ1) is 12.9. The first-order valence-electron chi connectivity index (χ1n) is 8.38. The van der Waals surface area contributed by atoms with Gasteiger partial charge in [0.1, 0.15) is 5.75 Å². The van der Waals surface area contributed by atoms with Crippen molar-refractivity contribution in [3.63, 3.8) is 0 Å². The van der Waals surface area contributed by atoms with E-state index in [1.807, 2.05) is 24.3 Å². The Morgan fingerprint density at radius 1 is 1.07 bits per heavy atom. The second kappa shape index (κ2) is 10.4. The molecule has 0 fully saturated rings. The largest absolute Gasteiger partial charge is 0.482 e. The molecule has 0 aliphatic heterocycles. The predicted octanol–water partition coefficient (Wildman–Crippen LogP) is 5.02. The highest BCUT2D eigenvalue weighted by molar-refractivity contribution is 6.43. The molecule has 2 aromatic carbocycles. The normalized spacial score (nSPS) is 10.9. The van der Waals surface area contributed by atoms with Crippen molar-refractivity contribution in [2.45, 2.75) is 13.8 Å². The number of benzene rings is 2. The van der Waals surface area contributed by atoms with Crippen LogP contribution >= 0.6 is 34.8 Å². The van der Waals surface area contributed by atoms with Crippen LogP contribution in [0.2, 0.25) is 15.1 Å². The molecule has 8 heteroatoms. The molecule has 5 nitrogen and oxygen atoms in total. The second-order valence-corrected chi connectivity index (χ2v) is 6.76. The molecule has 0 aliphatic carbocycles. The Kier molecular flexibility index (Phi) is 8.23. The van der Waals surface area contributed by atoms with Gasteiger partial charge in [0, 0.05) is 24.8 Å². The highest BCUT2D eigenvalue weighted by Gasteiger charge is 2.09. The third kappa shape index (κ3) is 6.31. The summed E-state index contributed by atoms with van der Waals surface area (Å²) in [7, 11) is 0. The zero-order valence-electron chi connectivity index (χ0n) is 15.0. The SMILES string of the molecule is CCN(CC)c1ccc(C=NNC(=O)COc2cc(Cl)c(Cl)cc2Cl)cc1. The summed E-state index contributed by atoms with van der Waals surface area (Å²) in [4.78, 5) is 14.1. The van der Waals surface area contributed by atoms with Gasteiger partial charge < -0.3 is 9.64 Å². The van der Waals surface area contributed by atoms with E-state index in [1.54, 1.807) is 6.21 Å². The standard InChI is InChI=1S/C19H20Cl3N3O2/c1-3-25(4-2)14-7-5-13(6-8-14)11-23-24-19(26)12-27-18-10-16(21)15(20)9-17(18)22/h5-11H,3-4,12H2,1-2H3,(H,24,26). The zero-order chi connectivity index (χ0) is 19.8. The Hall–Kier alpha value is -1.95. The number of carbonyl (C=O) groups is 1. The molecule has 2 rings (SSSR count). The molecule has 144 valence electrons. The number of carbonyl (C=O) groups excluding carboxylic acids is 1. The van der Waals surface area contributed by atoms with Crippen molar-refractivity contribution in [2.24, 2.45) is 5.10 Å². The van der Waals surface area contributed by atoms with Crippen LogP contribution in [0.15, 0.2) is 41.5 Å². The van der Waals surface area contributed by atoms with E-state index in [4.69, 9.17) is 39.5 Å². The summed E-state index contributed by atoms with van der Waals surface area (Å²) in [6, 6.07) is 10.8. The lowest BCUT2D eigenvalue weighted by atomic mass is 10.2. The van der Waals surface area contributed by atoms with Gasteiger partial charge in [-0.25, -0.2) is 5.43 Å². The van der Waals surface area contributed by atoms with E-state index < -0.39 is 5.91 Å². The first kappa shape index (κ1) is 21.4. The summed E-state index contributed by atoms with van der Waals surface area (Å²) >= 11 is 17.7. The van der Waals surface area contributed by atoms with Gasteiger partial charge in [0.15, 0.2) is 6.61 Å². The molecule has 0 saturated carbocycles. The van der Waals surface area contributed by atoms with E-state index >= 15 is 0 Å². The molecule has 0 atom stereocenters. The number of nitrogens with one attached hydrogen (secondary N) is 1. The molecular weight excluding hydrogens is 409 g/mol. The van der Waals surface area contributed by atoms with E-state index in [-0.39, 0.29) is 17.4 Å². The molecule has 0 aromatic heterocycles. The molecule has 0 heterocycles. The lowest BCUT2D eigenvalue weighted by Crippen LogP contribution is -2.24. The van der Waals surface area contributed by atoms with Crippen molar-refractivity contribution in [3.05, 3.63) is 57.0 Å². The number of hydrogen-bond acceptors (Lipinski definition) is 4. The van der Waals surface area contributed by atoms with Crippen LogP contribution in [0.4, 0.5) is 5.69 Å². The van der Waals surface area contributed by atoms with E-state index in [9.17, 15) is 4.79 Å². The van der Waals surface area contributed by atoms with Crippen molar-refractivity contribution >= 4 is 52.6 Å². The Bertz CT molecular complexity index is 807. The summed E-state index contributed by atoms with van der Waals surface area (Å²) in [5, 5.41) is 4.81. The van der Waals surface area contributed by atoms with Crippen LogP contribution in [0.25, 0.3) is 0 Å². The zero-order valence-corrected chi connectivity index (χ0v) is 17.3. The molecule has 0 saturated heterocycles. The van der Waals surface area contributed by atoms with Gasteiger partial charge in [-0.05, 0) is 37.6 Å². The lowest BCUT2D eigenvalue weighted by Gasteiger charge is -2.20. The maximum Gasteiger partial charge on any atom is 0.277 e. The molecule has 0 radical (unpaired) electrons. The van der Waals surface area contributed by atoms with Crippen LogP contribution in [0, 0.1) is 0 Å². The maximum absolute atomic E-state index is 11.8. The quantitative estimate of drug-likeness (QED) is 0.365. The summed E-state index contributed by atoms with van der Waals surface area (Å²) in [5.74, 6) is -0.148. The average Bonchev–Trinajstić information content (AvgIpc) is 2.66. The van der Waals surface area contributed by atoms with Crippen LogP contribution in [-0.4, -0.2) is 31.8 Å². The van der Waals surface area contributed by atoms with Crippen LogP contribution in [0.3, 0.4) is 0 Å². The Labute approximate surface area is 173 Å². The third-order valence-corrected chi connectivity index (χ3v) is 4.78. The summed E-state index contributed by atoms with van der Waals surface area (Å²) in [6.45, 7) is 5.87. The summed E-state index contributed by atoms with van der Waals surface area (Å²) < 4.78 is 5.34. The Morgan fingerprint density at radius 3 is 2.33 bits per heavy atom. The number of amides is 1. The number of rotatable bonds is 8. The molecule has 27 heavy (non-hydrogen) atoms. The van der Waals surface area contributed by atoms with Crippen LogP contribution in [0.1, 0.15) is 19.4 Å². The summed E-state index contributed by atoms with van der Waals surface area (Å²) in [6.07, 6.45) is 1.57. The van der Waals surface area contributed by atoms with Gasteiger partial charge in [-0.2, -0.15) is 5.10 Å². The fourth-order valence-corrected chi connectivity index (χ4v) is 2.92. The predicted molar refractivity (Wildman–Crippen MR) is 113 cm³/mol. The van der Waals surface area contributed by atoms with E-state index in [0.717, 1.165) is 24.3 Å². The lowest BCUT2D eigenvalue weighted by molar-refractivity contribution is -0.123. The van der Waals surface area contributed by atoms with Gasteiger partial charge >= 0.3 is 0 Å². The molecular formula is C19H20Cl3N3O2. The van der Waals surface area contributed by atoms with Crippen molar-refractivity contribution in [1.29, 1.82) is 0 Å². The Balaban J connectivity index is 1.85. The van der Waals surface area contributed by atoms with Gasteiger partial charge in [0.2, 0.25) is 0 Å². The monoisotopic (exact) mass is 427 g/mol. The van der Waals surface area contributed by atoms with Crippen molar-refractivity contribution in [1.82, 2.24) is 5.43 Å². The fourth-order valence-electron chi connectivity index (χ4n) is 2.33. The van der Waals surface area contributed by atoms with E-state index in [0.29, 0.717) is 10.0 Å². The van der Waals surface area contributed by atoms with E-state index in [2.05, 4.69) is 29.3 Å². The minimum atomic E-state index is -0.423. The number of ether oxygens (including phenoxy) is 1. The molecule has 0 aliphatic rings. The van der Waals surface area contributed by atoms with Gasteiger partial charge in [0.05, 0.1) is 21.3 Å². The first-order valence-corrected chi connectivity index (χ1v) is 9.52. The molecule has 0 unspecified atom stereocenters. The Morgan fingerprint density at radius 2 is 1.70 bits per heavy atom. The number of hydrazone groups is 1. The highest BCUT2D eigenvalue weighted by atomic mass is 35.5. The van der Waals surface area contributed by atoms with Gasteiger partial charge in [-0.15, -0.1) is 0 Å². The minimum Gasteiger partial charge on any atom is -0.482 e.